The highest BCUT2D eigenvalue weighted by Gasteiger charge is 2.20. The van der Waals surface area contributed by atoms with E-state index in [4.69, 9.17) is 5.73 Å². The molecule has 1 unspecified atom stereocenters. The molecule has 24 heavy (non-hydrogen) atoms. The molecule has 3 aromatic carbocycles. The van der Waals surface area contributed by atoms with Crippen molar-refractivity contribution >= 4 is 23.8 Å². The van der Waals surface area contributed by atoms with Gasteiger partial charge in [-0.05, 0) is 41.3 Å². The molecular weight excluding hydrogens is 316 g/mol. The molecule has 0 amide bonds. The van der Waals surface area contributed by atoms with E-state index in [9.17, 15) is 0 Å². The molecule has 0 bridgehead atoms. The largest absolute Gasteiger partial charge is 0.341 e. The third-order valence-corrected chi connectivity index (χ3v) is 4.59. The smallest absolute Gasteiger partial charge is 0.0552 e. The average molecular weight is 337 g/mol. The van der Waals surface area contributed by atoms with Crippen LogP contribution in [-0.2, 0) is 6.42 Å². The molecule has 1 aliphatic heterocycles. The van der Waals surface area contributed by atoms with Gasteiger partial charge in [-0.3, -0.25) is 0 Å². The van der Waals surface area contributed by atoms with Crippen LogP contribution < -0.4 is 10.6 Å². The van der Waals surface area contributed by atoms with Crippen LogP contribution in [-0.4, -0.2) is 6.54 Å². The first-order chi connectivity index (χ1) is 11.3. The van der Waals surface area contributed by atoms with Gasteiger partial charge < -0.3 is 10.6 Å². The highest BCUT2D eigenvalue weighted by atomic mass is 35.5. The van der Waals surface area contributed by atoms with Gasteiger partial charge in [0.25, 0.3) is 0 Å². The Labute approximate surface area is 149 Å². The molecule has 3 heteroatoms. The molecule has 0 saturated heterocycles. The summed E-state index contributed by atoms with van der Waals surface area (Å²) in [4.78, 5) is 2.39. The summed E-state index contributed by atoms with van der Waals surface area (Å²) in [6, 6.07) is 27.4. The normalized spacial score (nSPS) is 14.0. The van der Waals surface area contributed by atoms with Gasteiger partial charge in [-0.15, -0.1) is 12.4 Å². The first kappa shape index (κ1) is 16.6. The Morgan fingerprint density at radius 3 is 2.33 bits per heavy atom. The summed E-state index contributed by atoms with van der Waals surface area (Å²) >= 11 is 0. The van der Waals surface area contributed by atoms with E-state index in [1.807, 2.05) is 18.2 Å². The molecular formula is C21H21ClN2. The molecule has 2 N–H and O–H groups in total. The maximum Gasteiger partial charge on any atom is 0.0552 e. The van der Waals surface area contributed by atoms with Crippen molar-refractivity contribution in [2.24, 2.45) is 5.73 Å². The minimum atomic E-state index is -0.0889. The molecule has 1 heterocycles. The standard InChI is InChI=1S/C21H20N2.ClH/c22-21(17-8-2-1-3-9-17)18-10-6-11-19(15-18)23-14-13-16-7-4-5-12-20(16)23;/h1-12,15,21H,13-14,22H2;1H. The van der Waals surface area contributed by atoms with Gasteiger partial charge in [-0.2, -0.15) is 0 Å². The van der Waals surface area contributed by atoms with E-state index in [0.29, 0.717) is 0 Å². The summed E-state index contributed by atoms with van der Waals surface area (Å²) in [6.45, 7) is 1.03. The molecule has 1 aliphatic rings. The van der Waals surface area contributed by atoms with E-state index < -0.39 is 0 Å². The number of halogens is 1. The Hall–Kier alpha value is -2.29. The molecule has 2 nitrogen and oxygen atoms in total. The van der Waals surface area contributed by atoms with Crippen molar-refractivity contribution < 1.29 is 0 Å². The van der Waals surface area contributed by atoms with Gasteiger partial charge in [0.15, 0.2) is 0 Å². The highest BCUT2D eigenvalue weighted by molar-refractivity contribution is 5.85. The predicted octanol–water partition coefficient (Wildman–Crippen LogP) is 4.85. The molecule has 0 spiro atoms. The van der Waals surface area contributed by atoms with Crippen molar-refractivity contribution in [2.45, 2.75) is 12.5 Å². The zero-order valence-electron chi connectivity index (χ0n) is 13.4. The van der Waals surface area contributed by atoms with E-state index >= 15 is 0 Å². The number of hydrogen-bond donors (Lipinski definition) is 1. The number of nitrogens with zero attached hydrogens (tertiary/aromatic N) is 1. The molecule has 4 rings (SSSR count). The maximum atomic E-state index is 6.46. The van der Waals surface area contributed by atoms with E-state index in [1.54, 1.807) is 0 Å². The third kappa shape index (κ3) is 3.03. The molecule has 0 radical (unpaired) electrons. The van der Waals surface area contributed by atoms with Crippen LogP contribution in [0.1, 0.15) is 22.7 Å². The Kier molecular flexibility index (Phi) is 4.89. The quantitative estimate of drug-likeness (QED) is 0.740. The average Bonchev–Trinajstić information content (AvgIpc) is 3.06. The number of anilines is 2. The number of fused-ring (bicyclic) bond motifs is 1. The summed E-state index contributed by atoms with van der Waals surface area (Å²) in [5.41, 5.74) is 12.7. The second kappa shape index (κ2) is 7.08. The monoisotopic (exact) mass is 336 g/mol. The van der Waals surface area contributed by atoms with Crippen LogP contribution >= 0.6 is 12.4 Å². The number of hydrogen-bond acceptors (Lipinski definition) is 2. The van der Waals surface area contributed by atoms with Gasteiger partial charge in [0, 0.05) is 17.9 Å². The van der Waals surface area contributed by atoms with Gasteiger partial charge in [-0.25, -0.2) is 0 Å². The fraction of sp³-hybridized carbons (Fsp3) is 0.143. The minimum Gasteiger partial charge on any atom is -0.341 e. The Morgan fingerprint density at radius 1 is 0.792 bits per heavy atom. The van der Waals surface area contributed by atoms with Crippen LogP contribution in [0.15, 0.2) is 78.9 Å². The fourth-order valence-electron chi connectivity index (χ4n) is 3.35. The molecule has 0 fully saturated rings. The van der Waals surface area contributed by atoms with E-state index in [1.165, 1.54) is 16.9 Å². The maximum absolute atomic E-state index is 6.46. The van der Waals surface area contributed by atoms with Gasteiger partial charge in [-0.1, -0.05) is 60.7 Å². The topological polar surface area (TPSA) is 29.3 Å². The first-order valence-electron chi connectivity index (χ1n) is 8.09. The lowest BCUT2D eigenvalue weighted by Crippen LogP contribution is -2.15. The summed E-state index contributed by atoms with van der Waals surface area (Å²) in [5.74, 6) is 0. The summed E-state index contributed by atoms with van der Waals surface area (Å²) in [7, 11) is 0. The lowest BCUT2D eigenvalue weighted by Gasteiger charge is -2.21. The molecule has 3 aromatic rings. The molecule has 1 atom stereocenters. The number of rotatable bonds is 3. The Bertz CT molecular complexity index is 817. The number of nitrogens with two attached hydrogens (primary N) is 1. The number of para-hydroxylation sites is 1. The van der Waals surface area contributed by atoms with Gasteiger partial charge in [0.2, 0.25) is 0 Å². The van der Waals surface area contributed by atoms with Crippen LogP contribution in [0, 0.1) is 0 Å². The molecule has 0 aromatic heterocycles. The minimum absolute atomic E-state index is 0. The summed E-state index contributed by atoms with van der Waals surface area (Å²) in [6.07, 6.45) is 1.10. The van der Waals surface area contributed by atoms with Crippen LogP contribution in [0.5, 0.6) is 0 Å². The van der Waals surface area contributed by atoms with E-state index in [2.05, 4.69) is 65.6 Å². The lowest BCUT2D eigenvalue weighted by atomic mass is 9.99. The fourth-order valence-corrected chi connectivity index (χ4v) is 3.35. The van der Waals surface area contributed by atoms with Crippen molar-refractivity contribution in [3.63, 3.8) is 0 Å². The van der Waals surface area contributed by atoms with E-state index in [-0.39, 0.29) is 18.4 Å². The predicted molar refractivity (Wildman–Crippen MR) is 103 cm³/mol. The third-order valence-electron chi connectivity index (χ3n) is 4.59. The molecule has 122 valence electrons. The SMILES string of the molecule is Cl.NC(c1ccccc1)c1cccc(N2CCc3ccccc32)c1. The number of benzene rings is 3. The Morgan fingerprint density at radius 2 is 1.50 bits per heavy atom. The highest BCUT2D eigenvalue weighted by Crippen LogP contribution is 2.35. The first-order valence-corrected chi connectivity index (χ1v) is 8.09. The molecule has 0 aliphatic carbocycles. The van der Waals surface area contributed by atoms with Crippen LogP contribution in [0.3, 0.4) is 0 Å². The second-order valence-electron chi connectivity index (χ2n) is 6.01. The van der Waals surface area contributed by atoms with Crippen LogP contribution in [0.4, 0.5) is 11.4 Å². The van der Waals surface area contributed by atoms with Gasteiger partial charge in [0.1, 0.15) is 0 Å². The molecule has 0 saturated carbocycles. The van der Waals surface area contributed by atoms with Gasteiger partial charge in [0.05, 0.1) is 6.04 Å². The second-order valence-corrected chi connectivity index (χ2v) is 6.01. The van der Waals surface area contributed by atoms with Crippen LogP contribution in [0.25, 0.3) is 0 Å². The van der Waals surface area contributed by atoms with Crippen molar-refractivity contribution in [1.29, 1.82) is 0 Å². The van der Waals surface area contributed by atoms with Crippen molar-refractivity contribution in [2.75, 3.05) is 11.4 Å². The zero-order valence-corrected chi connectivity index (χ0v) is 14.2. The summed E-state index contributed by atoms with van der Waals surface area (Å²) in [5, 5.41) is 0. The van der Waals surface area contributed by atoms with E-state index in [0.717, 1.165) is 24.1 Å². The van der Waals surface area contributed by atoms with Gasteiger partial charge >= 0.3 is 0 Å². The zero-order chi connectivity index (χ0) is 15.6. The summed E-state index contributed by atoms with van der Waals surface area (Å²) < 4.78 is 0. The Balaban J connectivity index is 0.00000169. The van der Waals surface area contributed by atoms with Crippen LogP contribution in [0.2, 0.25) is 0 Å². The van der Waals surface area contributed by atoms with Crippen molar-refractivity contribution in [3.8, 4) is 0 Å². The van der Waals surface area contributed by atoms with Crippen molar-refractivity contribution in [1.82, 2.24) is 0 Å². The lowest BCUT2D eigenvalue weighted by molar-refractivity contribution is 0.869. The van der Waals surface area contributed by atoms with Crippen molar-refractivity contribution in [3.05, 3.63) is 95.6 Å².